The van der Waals surface area contributed by atoms with E-state index in [0.29, 0.717) is 0 Å². The second kappa shape index (κ2) is 5.52. The van der Waals surface area contributed by atoms with Gasteiger partial charge in [-0.2, -0.15) is 0 Å². The van der Waals surface area contributed by atoms with Crippen LogP contribution in [0.1, 0.15) is 5.56 Å². The molecule has 0 aliphatic heterocycles. The average Bonchev–Trinajstić information content (AvgIpc) is 2.93. The highest BCUT2D eigenvalue weighted by molar-refractivity contribution is 7.89. The molecule has 0 fully saturated rings. The third-order valence-electron chi connectivity index (χ3n) is 3.21. The molecule has 3 aromatic rings. The zero-order valence-corrected chi connectivity index (χ0v) is 12.6. The van der Waals surface area contributed by atoms with Crippen LogP contribution in [0.15, 0.2) is 59.6 Å². The molecule has 2 aromatic carbocycles. The molecule has 0 saturated carbocycles. The Morgan fingerprint density at radius 1 is 1.10 bits per heavy atom. The van der Waals surface area contributed by atoms with Gasteiger partial charge >= 0.3 is 0 Å². The Labute approximate surface area is 127 Å². The maximum atomic E-state index is 12.2. The summed E-state index contributed by atoms with van der Waals surface area (Å²) >= 11 is 5.93. The van der Waals surface area contributed by atoms with Crippen LogP contribution in [0.4, 0.5) is 0 Å². The van der Waals surface area contributed by atoms with Gasteiger partial charge in [0.15, 0.2) is 0 Å². The van der Waals surface area contributed by atoms with E-state index in [2.05, 4.69) is 9.71 Å². The number of aromatic nitrogens is 1. The van der Waals surface area contributed by atoms with Gasteiger partial charge in [-0.1, -0.05) is 35.9 Å². The second-order valence-corrected chi connectivity index (χ2v) is 6.80. The van der Waals surface area contributed by atoms with Crippen molar-refractivity contribution in [3.63, 3.8) is 0 Å². The van der Waals surface area contributed by atoms with E-state index in [4.69, 9.17) is 11.6 Å². The van der Waals surface area contributed by atoms with Gasteiger partial charge in [0, 0.05) is 18.3 Å². The Kier molecular flexibility index (Phi) is 3.71. The molecule has 0 saturated heterocycles. The van der Waals surface area contributed by atoms with Gasteiger partial charge in [0.2, 0.25) is 10.0 Å². The van der Waals surface area contributed by atoms with Crippen molar-refractivity contribution in [3.8, 4) is 0 Å². The third kappa shape index (κ3) is 2.95. The van der Waals surface area contributed by atoms with E-state index in [0.717, 1.165) is 16.5 Å². The van der Waals surface area contributed by atoms with Crippen molar-refractivity contribution in [2.75, 3.05) is 0 Å². The first-order valence-corrected chi connectivity index (χ1v) is 8.22. The topological polar surface area (TPSA) is 62.0 Å². The van der Waals surface area contributed by atoms with Crippen molar-refractivity contribution >= 4 is 32.5 Å². The van der Waals surface area contributed by atoms with Gasteiger partial charge in [-0.3, -0.25) is 0 Å². The molecule has 0 amide bonds. The van der Waals surface area contributed by atoms with Crippen molar-refractivity contribution in [2.24, 2.45) is 0 Å². The van der Waals surface area contributed by atoms with Crippen LogP contribution in [0.2, 0.25) is 5.02 Å². The van der Waals surface area contributed by atoms with Crippen molar-refractivity contribution in [3.05, 3.63) is 65.3 Å². The number of hydrogen-bond acceptors (Lipinski definition) is 2. The van der Waals surface area contributed by atoms with Crippen LogP contribution in [-0.4, -0.2) is 13.4 Å². The molecule has 0 unspecified atom stereocenters. The van der Waals surface area contributed by atoms with Crippen molar-refractivity contribution in [1.82, 2.24) is 9.71 Å². The largest absolute Gasteiger partial charge is 0.361 e. The van der Waals surface area contributed by atoms with Crippen LogP contribution >= 0.6 is 11.6 Å². The summed E-state index contributed by atoms with van der Waals surface area (Å²) in [6.07, 6.45) is 1.85. The minimum Gasteiger partial charge on any atom is -0.361 e. The van der Waals surface area contributed by atoms with Crippen molar-refractivity contribution < 1.29 is 8.42 Å². The zero-order chi connectivity index (χ0) is 14.9. The molecule has 0 spiro atoms. The molecule has 6 heteroatoms. The number of H-pyrrole nitrogens is 1. The summed E-state index contributed by atoms with van der Waals surface area (Å²) in [5.41, 5.74) is 1.85. The molecule has 2 N–H and O–H groups in total. The summed E-state index contributed by atoms with van der Waals surface area (Å²) in [6, 6.07) is 14.1. The normalized spacial score (nSPS) is 11.9. The Hall–Kier alpha value is -1.82. The van der Waals surface area contributed by atoms with Crippen molar-refractivity contribution in [1.29, 1.82) is 0 Å². The predicted molar refractivity (Wildman–Crippen MR) is 83.8 cm³/mol. The lowest BCUT2D eigenvalue weighted by Crippen LogP contribution is -2.23. The van der Waals surface area contributed by atoms with Gasteiger partial charge in [-0.05, 0) is 35.2 Å². The van der Waals surface area contributed by atoms with E-state index >= 15 is 0 Å². The Bertz CT molecular complexity index is 887. The molecule has 108 valence electrons. The van der Waals surface area contributed by atoms with E-state index in [1.165, 1.54) is 6.07 Å². The zero-order valence-electron chi connectivity index (χ0n) is 11.0. The fourth-order valence-corrected chi connectivity index (χ4v) is 3.66. The molecule has 21 heavy (non-hydrogen) atoms. The van der Waals surface area contributed by atoms with Gasteiger partial charge in [0.25, 0.3) is 0 Å². The molecule has 0 atom stereocenters. The highest BCUT2D eigenvalue weighted by Gasteiger charge is 2.16. The summed E-state index contributed by atoms with van der Waals surface area (Å²) in [5, 5.41) is 1.30. The lowest BCUT2D eigenvalue weighted by molar-refractivity contribution is 0.581. The number of nitrogens with one attached hydrogen (secondary N) is 2. The molecule has 3 rings (SSSR count). The third-order valence-corrected chi connectivity index (χ3v) is 5.11. The number of fused-ring (bicyclic) bond motifs is 1. The number of halogens is 1. The summed E-state index contributed by atoms with van der Waals surface area (Å²) < 4.78 is 27.0. The molecule has 0 radical (unpaired) electrons. The van der Waals surface area contributed by atoms with Crippen molar-refractivity contribution in [2.45, 2.75) is 11.4 Å². The van der Waals surface area contributed by atoms with E-state index in [1.54, 1.807) is 18.2 Å². The predicted octanol–water partition coefficient (Wildman–Crippen LogP) is 3.30. The summed E-state index contributed by atoms with van der Waals surface area (Å²) in [6.45, 7) is 0.211. The Morgan fingerprint density at radius 2 is 1.90 bits per heavy atom. The molecule has 1 aromatic heterocycles. The fraction of sp³-hybridized carbons (Fsp3) is 0.0667. The highest BCUT2D eigenvalue weighted by atomic mass is 35.5. The van der Waals surface area contributed by atoms with Crippen LogP contribution in [0, 0.1) is 0 Å². The SMILES string of the molecule is O=S(=O)(NCc1ccc2cc[nH]c2c1)c1ccccc1Cl. The summed E-state index contributed by atoms with van der Waals surface area (Å²) in [7, 11) is -3.62. The first-order chi connectivity index (χ1) is 10.1. The Balaban J connectivity index is 1.81. The lowest BCUT2D eigenvalue weighted by Gasteiger charge is -2.08. The van der Waals surface area contributed by atoms with Gasteiger partial charge in [-0.25, -0.2) is 13.1 Å². The molecular formula is C15H13ClN2O2S. The number of aromatic amines is 1. The minimum absolute atomic E-state index is 0.0904. The molecule has 0 bridgehead atoms. The summed E-state index contributed by atoms with van der Waals surface area (Å²) in [5.74, 6) is 0. The van der Waals surface area contributed by atoms with Crippen LogP contribution in [0.3, 0.4) is 0 Å². The first kappa shape index (κ1) is 14.1. The van der Waals surface area contributed by atoms with Crippen LogP contribution in [-0.2, 0) is 16.6 Å². The standard InChI is InChI=1S/C15H13ClN2O2S/c16-13-3-1-2-4-15(13)21(19,20)18-10-11-5-6-12-7-8-17-14(12)9-11/h1-9,17-18H,10H2. The average molecular weight is 321 g/mol. The first-order valence-electron chi connectivity index (χ1n) is 6.36. The van der Waals surface area contributed by atoms with Gasteiger partial charge in [0.05, 0.1) is 5.02 Å². The van der Waals surface area contributed by atoms with E-state index in [-0.39, 0.29) is 16.5 Å². The molecule has 0 aliphatic carbocycles. The van der Waals surface area contributed by atoms with E-state index < -0.39 is 10.0 Å². The second-order valence-electron chi connectivity index (χ2n) is 4.65. The maximum absolute atomic E-state index is 12.2. The van der Waals surface area contributed by atoms with E-state index in [9.17, 15) is 8.42 Å². The summed E-state index contributed by atoms with van der Waals surface area (Å²) in [4.78, 5) is 3.19. The molecule has 4 nitrogen and oxygen atoms in total. The van der Waals surface area contributed by atoms with Crippen LogP contribution in [0.25, 0.3) is 10.9 Å². The van der Waals surface area contributed by atoms with E-state index in [1.807, 2.05) is 30.5 Å². The highest BCUT2D eigenvalue weighted by Crippen LogP contribution is 2.21. The van der Waals surface area contributed by atoms with Gasteiger partial charge in [0.1, 0.15) is 4.90 Å². The van der Waals surface area contributed by atoms with Crippen LogP contribution in [0.5, 0.6) is 0 Å². The minimum atomic E-state index is -3.62. The molecular weight excluding hydrogens is 308 g/mol. The quantitative estimate of drug-likeness (QED) is 0.774. The molecule has 0 aliphatic rings. The Morgan fingerprint density at radius 3 is 2.71 bits per heavy atom. The number of benzene rings is 2. The smallest absolute Gasteiger partial charge is 0.242 e. The number of sulfonamides is 1. The number of rotatable bonds is 4. The van der Waals surface area contributed by atoms with Crippen LogP contribution < -0.4 is 4.72 Å². The number of hydrogen-bond donors (Lipinski definition) is 2. The maximum Gasteiger partial charge on any atom is 0.242 e. The molecule has 1 heterocycles. The lowest BCUT2D eigenvalue weighted by atomic mass is 10.2. The monoisotopic (exact) mass is 320 g/mol. The fourth-order valence-electron chi connectivity index (χ4n) is 2.12. The van der Waals surface area contributed by atoms with Gasteiger partial charge < -0.3 is 4.98 Å². The van der Waals surface area contributed by atoms with Gasteiger partial charge in [-0.15, -0.1) is 0 Å².